The van der Waals surface area contributed by atoms with Crippen molar-refractivity contribution in [2.45, 2.75) is 25.1 Å². The number of hydrogen-bond donors (Lipinski definition) is 3. The van der Waals surface area contributed by atoms with Crippen molar-refractivity contribution in [3.63, 3.8) is 0 Å². The van der Waals surface area contributed by atoms with Gasteiger partial charge >= 0.3 is 0 Å². The Morgan fingerprint density at radius 1 is 1.24 bits per heavy atom. The normalized spacial score (nSPS) is 26.1. The third-order valence-electron chi connectivity index (χ3n) is 3.92. The molecule has 6 nitrogen and oxygen atoms in total. The highest BCUT2D eigenvalue weighted by molar-refractivity contribution is 7.87. The average Bonchev–Trinajstić information content (AvgIpc) is 2.83. The van der Waals surface area contributed by atoms with Crippen LogP contribution < -0.4 is 10.0 Å². The van der Waals surface area contributed by atoms with Gasteiger partial charge in [-0.25, -0.2) is 0 Å². The quantitative estimate of drug-likeness (QED) is 0.705. The van der Waals surface area contributed by atoms with E-state index < -0.39 is 22.4 Å². The Morgan fingerprint density at radius 2 is 1.95 bits per heavy atom. The lowest BCUT2D eigenvalue weighted by molar-refractivity contribution is 0.171. The summed E-state index contributed by atoms with van der Waals surface area (Å²) in [6, 6.07) is 7.45. The number of β-amino-alcohol motifs (C(OH)–C–C–N with tert-alkyl or cyclic N) is 1. The van der Waals surface area contributed by atoms with Gasteiger partial charge in [-0.3, -0.25) is 0 Å². The molecule has 0 amide bonds. The summed E-state index contributed by atoms with van der Waals surface area (Å²) < 4.78 is 28.8. The van der Waals surface area contributed by atoms with Crippen LogP contribution in [0.25, 0.3) is 0 Å². The molecule has 2 aliphatic heterocycles. The van der Waals surface area contributed by atoms with Crippen LogP contribution in [-0.2, 0) is 23.2 Å². The largest absolute Gasteiger partial charge is 0.390 e. The smallest absolute Gasteiger partial charge is 0.280 e. The molecular weight excluding hydrogens is 314 g/mol. The van der Waals surface area contributed by atoms with Crippen LogP contribution >= 0.6 is 12.4 Å². The molecule has 2 heterocycles. The minimum absolute atomic E-state index is 0. The molecule has 0 unspecified atom stereocenters. The van der Waals surface area contributed by atoms with Crippen LogP contribution in [0.1, 0.15) is 11.1 Å². The van der Waals surface area contributed by atoms with Gasteiger partial charge in [0, 0.05) is 26.2 Å². The van der Waals surface area contributed by atoms with Crippen molar-refractivity contribution in [1.82, 2.24) is 14.3 Å². The molecule has 3 rings (SSSR count). The summed E-state index contributed by atoms with van der Waals surface area (Å²) in [6.45, 7) is 1.76. The highest BCUT2D eigenvalue weighted by Gasteiger charge is 2.33. The fourth-order valence-electron chi connectivity index (χ4n) is 2.73. The Balaban J connectivity index is 0.00000161. The maximum atomic E-state index is 12.4. The zero-order valence-electron chi connectivity index (χ0n) is 11.5. The zero-order chi connectivity index (χ0) is 14.2. The number of hydrogen-bond acceptors (Lipinski definition) is 4. The number of nitrogens with zero attached hydrogens (tertiary/aromatic N) is 1. The number of halogens is 1. The van der Waals surface area contributed by atoms with Gasteiger partial charge in [0.25, 0.3) is 10.2 Å². The molecule has 118 valence electrons. The molecule has 0 radical (unpaired) electrons. The molecule has 0 aliphatic carbocycles. The van der Waals surface area contributed by atoms with Crippen LogP contribution in [0.3, 0.4) is 0 Å². The highest BCUT2D eigenvalue weighted by Crippen LogP contribution is 2.20. The van der Waals surface area contributed by atoms with Gasteiger partial charge in [-0.1, -0.05) is 24.3 Å². The topological polar surface area (TPSA) is 81.7 Å². The molecule has 8 heteroatoms. The second kappa shape index (κ2) is 6.60. The molecular formula is C13H20ClN3O3S. The van der Waals surface area contributed by atoms with Crippen LogP contribution in [-0.4, -0.2) is 49.6 Å². The first-order valence-electron chi connectivity index (χ1n) is 6.79. The molecule has 1 saturated heterocycles. The van der Waals surface area contributed by atoms with Gasteiger partial charge in [0.05, 0.1) is 12.1 Å². The molecule has 1 aromatic rings. The number of rotatable bonds is 3. The predicted molar refractivity (Wildman–Crippen MR) is 82.5 cm³/mol. The summed E-state index contributed by atoms with van der Waals surface area (Å²) in [7, 11) is -3.56. The van der Waals surface area contributed by atoms with Crippen molar-refractivity contribution >= 4 is 22.6 Å². The number of aliphatic hydroxyl groups is 1. The monoisotopic (exact) mass is 333 g/mol. The van der Waals surface area contributed by atoms with Crippen LogP contribution in [0, 0.1) is 0 Å². The van der Waals surface area contributed by atoms with Crippen molar-refractivity contribution in [2.75, 3.05) is 19.6 Å². The van der Waals surface area contributed by atoms with Crippen LogP contribution in [0.2, 0.25) is 0 Å². The van der Waals surface area contributed by atoms with E-state index in [1.807, 2.05) is 24.3 Å². The van der Waals surface area contributed by atoms with Crippen molar-refractivity contribution < 1.29 is 13.5 Å². The second-order valence-corrected chi connectivity index (χ2v) is 7.01. The summed E-state index contributed by atoms with van der Waals surface area (Å²) in [4.78, 5) is 0. The molecule has 1 fully saturated rings. The molecule has 1 aromatic carbocycles. The Bertz CT molecular complexity index is 596. The maximum absolute atomic E-state index is 12.4. The summed E-state index contributed by atoms with van der Waals surface area (Å²) >= 11 is 0. The average molecular weight is 334 g/mol. The fraction of sp³-hybridized carbons (Fsp3) is 0.538. The minimum atomic E-state index is -3.56. The first-order chi connectivity index (χ1) is 9.56. The summed E-state index contributed by atoms with van der Waals surface area (Å²) in [5.41, 5.74) is 2.26. The number of aliphatic hydroxyl groups excluding tert-OH is 1. The van der Waals surface area contributed by atoms with Gasteiger partial charge in [-0.2, -0.15) is 17.4 Å². The molecule has 21 heavy (non-hydrogen) atoms. The Labute approximate surface area is 131 Å². The van der Waals surface area contributed by atoms with Crippen LogP contribution in [0.4, 0.5) is 0 Å². The SMILES string of the molecule is Cl.O=S(=O)(N[C@@H]1CNC[C@H]1O)N1CCc2ccccc2C1. The molecule has 3 N–H and O–H groups in total. The van der Waals surface area contributed by atoms with Crippen LogP contribution in [0.15, 0.2) is 24.3 Å². The highest BCUT2D eigenvalue weighted by atomic mass is 35.5. The number of benzene rings is 1. The van der Waals surface area contributed by atoms with Gasteiger partial charge in [-0.15, -0.1) is 12.4 Å². The van der Waals surface area contributed by atoms with E-state index in [1.165, 1.54) is 9.87 Å². The Kier molecular flexibility index (Phi) is 5.24. The van der Waals surface area contributed by atoms with Gasteiger partial charge in [-0.05, 0) is 17.5 Å². The lowest BCUT2D eigenvalue weighted by Crippen LogP contribution is -2.50. The Morgan fingerprint density at radius 3 is 2.62 bits per heavy atom. The summed E-state index contributed by atoms with van der Waals surface area (Å²) in [6.07, 6.45) is 0.0598. The Hall–Kier alpha value is -0.700. The fourth-order valence-corrected chi connectivity index (χ4v) is 4.14. The standard InChI is InChI=1S/C13H19N3O3S.ClH/c17-13-8-14-7-12(13)15-20(18,19)16-6-5-10-3-1-2-4-11(10)9-16;/h1-4,12-15,17H,5-9H2;1H/t12-,13-;/m1./s1. The zero-order valence-corrected chi connectivity index (χ0v) is 13.2. The minimum Gasteiger partial charge on any atom is -0.390 e. The third-order valence-corrected chi connectivity index (χ3v) is 5.51. The van der Waals surface area contributed by atoms with E-state index in [1.54, 1.807) is 0 Å². The van der Waals surface area contributed by atoms with E-state index in [-0.39, 0.29) is 12.4 Å². The maximum Gasteiger partial charge on any atom is 0.280 e. The third kappa shape index (κ3) is 3.56. The van der Waals surface area contributed by atoms with Gasteiger partial charge < -0.3 is 10.4 Å². The van der Waals surface area contributed by atoms with E-state index in [0.717, 1.165) is 12.0 Å². The predicted octanol–water partition coefficient (Wildman–Crippen LogP) is -0.366. The van der Waals surface area contributed by atoms with Gasteiger partial charge in [0.2, 0.25) is 0 Å². The van der Waals surface area contributed by atoms with Gasteiger partial charge in [0.1, 0.15) is 0 Å². The molecule has 0 spiro atoms. The van der Waals surface area contributed by atoms with Crippen molar-refractivity contribution in [1.29, 1.82) is 0 Å². The number of fused-ring (bicyclic) bond motifs is 1. The van der Waals surface area contributed by atoms with E-state index >= 15 is 0 Å². The summed E-state index contributed by atoms with van der Waals surface area (Å²) in [5, 5.41) is 12.7. The van der Waals surface area contributed by atoms with E-state index in [4.69, 9.17) is 0 Å². The van der Waals surface area contributed by atoms with E-state index in [9.17, 15) is 13.5 Å². The van der Waals surface area contributed by atoms with E-state index in [2.05, 4.69) is 10.0 Å². The molecule has 0 saturated carbocycles. The lowest BCUT2D eigenvalue weighted by Gasteiger charge is -2.29. The molecule has 0 bridgehead atoms. The number of nitrogens with one attached hydrogen (secondary N) is 2. The van der Waals surface area contributed by atoms with Gasteiger partial charge in [0.15, 0.2) is 0 Å². The van der Waals surface area contributed by atoms with Crippen LogP contribution in [0.5, 0.6) is 0 Å². The van der Waals surface area contributed by atoms with E-state index in [0.29, 0.717) is 26.2 Å². The molecule has 2 aliphatic rings. The van der Waals surface area contributed by atoms with Crippen molar-refractivity contribution in [3.05, 3.63) is 35.4 Å². The molecule has 0 aromatic heterocycles. The second-order valence-electron chi connectivity index (χ2n) is 5.31. The first kappa shape index (κ1) is 16.7. The van der Waals surface area contributed by atoms with Crippen molar-refractivity contribution in [3.8, 4) is 0 Å². The first-order valence-corrected chi connectivity index (χ1v) is 8.23. The van der Waals surface area contributed by atoms with Crippen molar-refractivity contribution in [2.24, 2.45) is 0 Å². The lowest BCUT2D eigenvalue weighted by atomic mass is 10.0. The summed E-state index contributed by atoms with van der Waals surface area (Å²) in [5.74, 6) is 0. The molecule has 2 atom stereocenters.